The molecule has 1 aliphatic heterocycles. The zero-order valence-electron chi connectivity index (χ0n) is 22.2. The smallest absolute Gasteiger partial charge is 0.230 e. The fourth-order valence-electron chi connectivity index (χ4n) is 4.54. The zero-order chi connectivity index (χ0) is 27.3. The quantitative estimate of drug-likeness (QED) is 0.200. The Morgan fingerprint density at radius 2 is 1.34 bits per heavy atom. The fourth-order valence-corrected chi connectivity index (χ4v) is 4.54. The number of benzene rings is 3. The highest BCUT2D eigenvalue weighted by molar-refractivity contribution is 6.01. The van der Waals surface area contributed by atoms with E-state index in [1.807, 2.05) is 24.0 Å². The summed E-state index contributed by atoms with van der Waals surface area (Å²) in [5, 5.41) is 27.1. The molecule has 2 atom stereocenters. The first-order chi connectivity index (χ1) is 18.5. The molecule has 4 rings (SSSR count). The first kappa shape index (κ1) is 29.5. The summed E-state index contributed by atoms with van der Waals surface area (Å²) in [7, 11) is 0. The molecular weight excluding hydrogens is 481 g/mol. The van der Waals surface area contributed by atoms with Gasteiger partial charge in [-0.15, -0.1) is 0 Å². The lowest BCUT2D eigenvalue weighted by atomic mass is 9.91. The fraction of sp³-hybridized carbons (Fsp3) is 0.406. The summed E-state index contributed by atoms with van der Waals surface area (Å²) < 4.78 is 12.4. The van der Waals surface area contributed by atoms with Gasteiger partial charge < -0.3 is 20.2 Å². The molecule has 3 N–H and O–H groups in total. The summed E-state index contributed by atoms with van der Waals surface area (Å²) in [6.07, 6.45) is 6.32. The summed E-state index contributed by atoms with van der Waals surface area (Å²) in [5.74, 6) is -0.0999. The van der Waals surface area contributed by atoms with Crippen LogP contribution in [0.1, 0.15) is 79.8 Å². The van der Waals surface area contributed by atoms with E-state index >= 15 is 0 Å². The minimum Gasteiger partial charge on any atom is -0.396 e. The van der Waals surface area contributed by atoms with Crippen molar-refractivity contribution in [3.63, 3.8) is 0 Å². The molecule has 1 saturated heterocycles. The number of nitrogens with zero attached hydrogens (tertiary/aromatic N) is 1. The van der Waals surface area contributed by atoms with E-state index in [1.54, 1.807) is 12.1 Å². The number of aliphatic hydroxyl groups excluding tert-OH is 3. The summed E-state index contributed by atoms with van der Waals surface area (Å²) in [4.78, 5) is 14.1. The van der Waals surface area contributed by atoms with Gasteiger partial charge in [-0.2, -0.15) is 0 Å². The lowest BCUT2D eigenvalue weighted by molar-refractivity contribution is -0.124. The third kappa shape index (κ3) is 8.48. The molecule has 0 radical (unpaired) electrons. The molecule has 204 valence electrons. The van der Waals surface area contributed by atoms with Gasteiger partial charge in [-0.1, -0.05) is 55.5 Å². The molecule has 1 aliphatic rings. The number of hydrogen-bond donors (Lipinski definition) is 3. The minimum absolute atomic E-state index is 0.115. The summed E-state index contributed by atoms with van der Waals surface area (Å²) in [6, 6.07) is 22.8. The molecule has 0 aromatic heterocycles. The second kappa shape index (κ2) is 15.4. The highest BCUT2D eigenvalue weighted by Crippen LogP contribution is 2.39. The highest BCUT2D eigenvalue weighted by atomic mass is 19.1. The maximum Gasteiger partial charge on any atom is 0.230 e. The molecule has 2 unspecified atom stereocenters. The van der Waals surface area contributed by atoms with E-state index in [0.717, 1.165) is 49.8 Å². The standard InChI is InChI=1S/C23H29NO3.C9H11FO/c25-15-3-1-5-18-7-11-20(12-8-18)22-17-23(27)24(22)21-13-9-19(10-14-21)6-2-4-16-26;1-2-9(11)7-3-5-8(10)6-4-7/h7-14,22,25-26H,1-6,15-17H2;3-6,9,11H,2H2,1H3. The number of β-lactam (4-membered cyclic amide) rings is 1. The van der Waals surface area contributed by atoms with Gasteiger partial charge in [0.15, 0.2) is 0 Å². The van der Waals surface area contributed by atoms with E-state index in [9.17, 15) is 14.3 Å². The van der Waals surface area contributed by atoms with Gasteiger partial charge in [0.2, 0.25) is 5.91 Å². The molecule has 0 aliphatic carbocycles. The van der Waals surface area contributed by atoms with Crippen LogP contribution in [0.2, 0.25) is 0 Å². The van der Waals surface area contributed by atoms with Crippen molar-refractivity contribution < 1.29 is 24.5 Å². The number of hydrogen-bond acceptors (Lipinski definition) is 4. The van der Waals surface area contributed by atoms with Crippen LogP contribution in [0, 0.1) is 5.82 Å². The summed E-state index contributed by atoms with van der Waals surface area (Å²) >= 11 is 0. The molecule has 38 heavy (non-hydrogen) atoms. The Morgan fingerprint density at radius 3 is 1.82 bits per heavy atom. The number of amides is 1. The van der Waals surface area contributed by atoms with Crippen LogP contribution in [-0.4, -0.2) is 34.4 Å². The topological polar surface area (TPSA) is 81.0 Å². The molecule has 1 fully saturated rings. The largest absolute Gasteiger partial charge is 0.396 e. The molecule has 1 amide bonds. The predicted octanol–water partition coefficient (Wildman–Crippen LogP) is 6.06. The monoisotopic (exact) mass is 521 g/mol. The van der Waals surface area contributed by atoms with E-state index in [2.05, 4.69) is 36.4 Å². The Hall–Kier alpha value is -3.06. The van der Waals surface area contributed by atoms with Crippen molar-refractivity contribution in [1.29, 1.82) is 0 Å². The van der Waals surface area contributed by atoms with Crippen LogP contribution < -0.4 is 4.90 Å². The van der Waals surface area contributed by atoms with Crippen LogP contribution >= 0.6 is 0 Å². The maximum atomic E-state index is 12.4. The molecule has 0 saturated carbocycles. The third-order valence-electron chi connectivity index (χ3n) is 6.92. The van der Waals surface area contributed by atoms with Crippen molar-refractivity contribution in [3.8, 4) is 0 Å². The average molecular weight is 522 g/mol. The van der Waals surface area contributed by atoms with E-state index in [-0.39, 0.29) is 31.0 Å². The van der Waals surface area contributed by atoms with Crippen LogP contribution in [0.15, 0.2) is 72.8 Å². The molecule has 6 heteroatoms. The first-order valence-corrected chi connectivity index (χ1v) is 13.6. The van der Waals surface area contributed by atoms with E-state index in [1.165, 1.54) is 28.8 Å². The number of carbonyl (C=O) groups is 1. The van der Waals surface area contributed by atoms with Crippen molar-refractivity contribution in [2.75, 3.05) is 18.1 Å². The lowest BCUT2D eigenvalue weighted by Gasteiger charge is -2.41. The van der Waals surface area contributed by atoms with Gasteiger partial charge in [0.05, 0.1) is 18.6 Å². The Bertz CT molecular complexity index is 1100. The lowest BCUT2D eigenvalue weighted by Crippen LogP contribution is -2.46. The number of rotatable bonds is 12. The van der Waals surface area contributed by atoms with Crippen LogP contribution in [0.25, 0.3) is 0 Å². The number of aryl methyl sites for hydroxylation is 2. The average Bonchev–Trinajstić information content (AvgIpc) is 2.94. The Morgan fingerprint density at radius 1 is 0.816 bits per heavy atom. The molecule has 0 bridgehead atoms. The van der Waals surface area contributed by atoms with Crippen molar-refractivity contribution >= 4 is 11.6 Å². The SMILES string of the molecule is CCC(O)c1ccc(F)cc1.O=C1CC(c2ccc(CCCCO)cc2)N1c1ccc(CCCCO)cc1. The Balaban J connectivity index is 0.000000304. The van der Waals surface area contributed by atoms with Gasteiger partial charge in [0.1, 0.15) is 5.82 Å². The normalized spacial score (nSPS) is 15.4. The van der Waals surface area contributed by atoms with Gasteiger partial charge in [0, 0.05) is 18.9 Å². The Labute approximate surface area is 225 Å². The molecule has 3 aromatic rings. The number of halogens is 1. The van der Waals surface area contributed by atoms with Crippen molar-refractivity contribution in [3.05, 3.63) is 101 Å². The molecule has 0 spiro atoms. The van der Waals surface area contributed by atoms with Gasteiger partial charge in [0.25, 0.3) is 0 Å². The van der Waals surface area contributed by atoms with Crippen LogP contribution in [-0.2, 0) is 17.6 Å². The predicted molar refractivity (Wildman–Crippen MR) is 149 cm³/mol. The number of unbranched alkanes of at least 4 members (excludes halogenated alkanes) is 2. The number of aliphatic hydroxyl groups is 3. The van der Waals surface area contributed by atoms with E-state index in [0.29, 0.717) is 12.8 Å². The second-order valence-corrected chi connectivity index (χ2v) is 9.73. The van der Waals surface area contributed by atoms with Gasteiger partial charge >= 0.3 is 0 Å². The minimum atomic E-state index is -0.462. The first-order valence-electron chi connectivity index (χ1n) is 13.6. The maximum absolute atomic E-state index is 12.4. The highest BCUT2D eigenvalue weighted by Gasteiger charge is 2.38. The Kier molecular flexibility index (Phi) is 11.9. The van der Waals surface area contributed by atoms with Crippen molar-refractivity contribution in [2.45, 2.75) is 70.4 Å². The van der Waals surface area contributed by atoms with Gasteiger partial charge in [-0.25, -0.2) is 4.39 Å². The van der Waals surface area contributed by atoms with E-state index in [4.69, 9.17) is 10.2 Å². The summed E-state index contributed by atoms with van der Waals surface area (Å²) in [6.45, 7) is 2.37. The van der Waals surface area contributed by atoms with E-state index < -0.39 is 6.10 Å². The third-order valence-corrected chi connectivity index (χ3v) is 6.92. The zero-order valence-corrected chi connectivity index (χ0v) is 22.2. The second-order valence-electron chi connectivity index (χ2n) is 9.73. The van der Waals surface area contributed by atoms with Crippen molar-refractivity contribution in [2.24, 2.45) is 0 Å². The molecule has 5 nitrogen and oxygen atoms in total. The van der Waals surface area contributed by atoms with Crippen molar-refractivity contribution in [1.82, 2.24) is 0 Å². The number of carbonyl (C=O) groups excluding carboxylic acids is 1. The summed E-state index contributed by atoms with van der Waals surface area (Å²) in [5.41, 5.74) is 5.41. The molecular formula is C32H40FNO4. The number of anilines is 1. The molecule has 1 heterocycles. The molecule has 3 aromatic carbocycles. The van der Waals surface area contributed by atoms with Crippen LogP contribution in [0.5, 0.6) is 0 Å². The van der Waals surface area contributed by atoms with Gasteiger partial charge in [-0.05, 0) is 91.5 Å². The van der Waals surface area contributed by atoms with Gasteiger partial charge in [-0.3, -0.25) is 4.79 Å². The van der Waals surface area contributed by atoms with Crippen LogP contribution in [0.3, 0.4) is 0 Å². The van der Waals surface area contributed by atoms with Crippen LogP contribution in [0.4, 0.5) is 10.1 Å².